The number of halogens is 2. The van der Waals surface area contributed by atoms with Crippen molar-refractivity contribution >= 4 is 32.8 Å². The first-order chi connectivity index (χ1) is 8.52. The fourth-order valence-corrected chi connectivity index (χ4v) is 2.16. The number of H-pyrrole nitrogens is 1. The van der Waals surface area contributed by atoms with Gasteiger partial charge in [-0.15, -0.1) is 0 Å². The number of aromatic amines is 1. The minimum absolute atomic E-state index is 0.299. The van der Waals surface area contributed by atoms with Crippen molar-refractivity contribution < 1.29 is 13.9 Å². The molecule has 0 fully saturated rings. The third kappa shape index (κ3) is 2.39. The van der Waals surface area contributed by atoms with Crippen LogP contribution in [0.15, 0.2) is 22.8 Å². The molecule has 1 atom stereocenters. The molecule has 96 valence electrons. The van der Waals surface area contributed by atoms with E-state index in [-0.39, 0.29) is 5.82 Å². The van der Waals surface area contributed by atoms with Gasteiger partial charge >= 0.3 is 5.97 Å². The molecule has 1 heterocycles. The van der Waals surface area contributed by atoms with Crippen LogP contribution in [0.2, 0.25) is 0 Å². The van der Waals surface area contributed by atoms with Gasteiger partial charge in [-0.2, -0.15) is 0 Å². The summed E-state index contributed by atoms with van der Waals surface area (Å²) >= 11 is 3.12. The summed E-state index contributed by atoms with van der Waals surface area (Å²) < 4.78 is 18.4. The Morgan fingerprint density at radius 2 is 2.33 bits per heavy atom. The summed E-state index contributed by atoms with van der Waals surface area (Å²) in [6, 6.07) is 2.31. The summed E-state index contributed by atoms with van der Waals surface area (Å²) in [6.07, 6.45) is 2.02. The molecule has 0 aliphatic heterocycles. The molecule has 0 spiro atoms. The number of nitrogens with two attached hydrogens (primary N) is 1. The molecule has 1 aromatic heterocycles. The average Bonchev–Trinajstić information content (AvgIpc) is 2.71. The highest BCUT2D eigenvalue weighted by atomic mass is 79.9. The third-order valence-corrected chi connectivity index (χ3v) is 3.36. The normalized spacial score (nSPS) is 12.7. The number of fused-ring (bicyclic) bond motifs is 1. The van der Waals surface area contributed by atoms with Gasteiger partial charge in [-0.1, -0.05) is 0 Å². The fourth-order valence-electron chi connectivity index (χ4n) is 1.82. The standard InChI is InChI=1S/C12H12BrFN2O2/c1-18-12(17)10(15)2-6-5-16-11-4-8(13)9(14)3-7(6)11/h3-5,10,16H,2,15H2,1H3. The Morgan fingerprint density at radius 1 is 1.61 bits per heavy atom. The van der Waals surface area contributed by atoms with Gasteiger partial charge in [0.1, 0.15) is 11.9 Å². The summed E-state index contributed by atoms with van der Waals surface area (Å²) in [5, 5.41) is 0.718. The fraction of sp³-hybridized carbons (Fsp3) is 0.250. The highest BCUT2D eigenvalue weighted by Gasteiger charge is 2.17. The summed E-state index contributed by atoms with van der Waals surface area (Å²) in [7, 11) is 1.29. The summed E-state index contributed by atoms with van der Waals surface area (Å²) in [6.45, 7) is 0. The molecule has 3 N–H and O–H groups in total. The molecule has 0 saturated carbocycles. The van der Waals surface area contributed by atoms with Crippen LogP contribution < -0.4 is 5.73 Å². The largest absolute Gasteiger partial charge is 0.468 e. The molecule has 0 amide bonds. The molecule has 6 heteroatoms. The van der Waals surface area contributed by atoms with E-state index >= 15 is 0 Å². The second-order valence-electron chi connectivity index (χ2n) is 3.96. The van der Waals surface area contributed by atoms with Gasteiger partial charge in [-0.25, -0.2) is 4.39 Å². The van der Waals surface area contributed by atoms with E-state index in [9.17, 15) is 9.18 Å². The van der Waals surface area contributed by atoms with Gasteiger partial charge in [0.05, 0.1) is 11.6 Å². The number of methoxy groups -OCH3 is 1. The lowest BCUT2D eigenvalue weighted by molar-refractivity contribution is -0.142. The molecule has 0 aliphatic carbocycles. The van der Waals surface area contributed by atoms with Gasteiger partial charge in [0.2, 0.25) is 0 Å². The number of hydrogen-bond acceptors (Lipinski definition) is 3. The smallest absolute Gasteiger partial charge is 0.322 e. The van der Waals surface area contributed by atoms with Crippen molar-refractivity contribution in [2.24, 2.45) is 5.73 Å². The van der Waals surface area contributed by atoms with Crippen LogP contribution in [-0.2, 0) is 16.0 Å². The molecule has 0 aliphatic rings. The minimum Gasteiger partial charge on any atom is -0.468 e. The number of nitrogens with one attached hydrogen (secondary N) is 1. The van der Waals surface area contributed by atoms with Crippen molar-refractivity contribution in [2.75, 3.05) is 7.11 Å². The molecule has 4 nitrogen and oxygen atoms in total. The van der Waals surface area contributed by atoms with Gasteiger partial charge < -0.3 is 15.5 Å². The SMILES string of the molecule is COC(=O)C(N)Cc1c[nH]c2cc(Br)c(F)cc12. The van der Waals surface area contributed by atoms with E-state index in [0.717, 1.165) is 16.5 Å². The van der Waals surface area contributed by atoms with Gasteiger partial charge in [-0.3, -0.25) is 4.79 Å². The Balaban J connectivity index is 2.35. The third-order valence-electron chi connectivity index (χ3n) is 2.75. The average molecular weight is 315 g/mol. The lowest BCUT2D eigenvalue weighted by Gasteiger charge is -2.08. The predicted molar refractivity (Wildman–Crippen MR) is 69.7 cm³/mol. The Hall–Kier alpha value is -1.40. The highest BCUT2D eigenvalue weighted by molar-refractivity contribution is 9.10. The van der Waals surface area contributed by atoms with Crippen molar-refractivity contribution in [1.82, 2.24) is 4.98 Å². The van der Waals surface area contributed by atoms with E-state index in [1.165, 1.54) is 13.2 Å². The Bertz CT molecular complexity index is 597. The first-order valence-corrected chi connectivity index (χ1v) is 6.10. The minimum atomic E-state index is -0.749. The van der Waals surface area contributed by atoms with Gasteiger partial charge in [-0.05, 0) is 33.6 Å². The van der Waals surface area contributed by atoms with Crippen LogP contribution in [0, 0.1) is 5.82 Å². The van der Waals surface area contributed by atoms with Gasteiger partial charge in [0.25, 0.3) is 0 Å². The van der Waals surface area contributed by atoms with Crippen molar-refractivity contribution in [1.29, 1.82) is 0 Å². The molecular weight excluding hydrogens is 303 g/mol. The summed E-state index contributed by atoms with van der Waals surface area (Å²) in [4.78, 5) is 14.3. The van der Waals surface area contributed by atoms with Crippen molar-refractivity contribution in [2.45, 2.75) is 12.5 Å². The summed E-state index contributed by atoms with van der Waals surface area (Å²) in [5.41, 5.74) is 7.26. The van der Waals surface area contributed by atoms with Crippen LogP contribution in [0.1, 0.15) is 5.56 Å². The molecule has 18 heavy (non-hydrogen) atoms. The molecule has 2 aromatic rings. The number of carbonyl (C=O) groups is 1. The summed E-state index contributed by atoms with van der Waals surface area (Å²) in [5.74, 6) is -0.836. The van der Waals surface area contributed by atoms with Gasteiger partial charge in [0.15, 0.2) is 0 Å². The Morgan fingerprint density at radius 3 is 3.00 bits per heavy atom. The first kappa shape index (κ1) is 13.0. The Kier molecular flexibility index (Phi) is 3.68. The lowest BCUT2D eigenvalue weighted by atomic mass is 10.1. The van der Waals surface area contributed by atoms with Crippen LogP contribution in [0.4, 0.5) is 4.39 Å². The van der Waals surface area contributed by atoms with E-state index < -0.39 is 12.0 Å². The molecule has 0 radical (unpaired) electrons. The molecule has 2 rings (SSSR count). The maximum Gasteiger partial charge on any atom is 0.322 e. The second-order valence-corrected chi connectivity index (χ2v) is 4.81. The maximum absolute atomic E-state index is 13.5. The number of benzene rings is 1. The maximum atomic E-state index is 13.5. The predicted octanol–water partition coefficient (Wildman–Crippen LogP) is 2.11. The Labute approximate surface area is 111 Å². The van der Waals surface area contributed by atoms with Crippen molar-refractivity contribution in [3.63, 3.8) is 0 Å². The molecular formula is C12H12BrFN2O2. The van der Waals surface area contributed by atoms with Crippen molar-refractivity contribution in [3.8, 4) is 0 Å². The van der Waals surface area contributed by atoms with Crippen LogP contribution in [0.25, 0.3) is 10.9 Å². The topological polar surface area (TPSA) is 68.1 Å². The van der Waals surface area contributed by atoms with E-state index in [1.807, 2.05) is 0 Å². The van der Waals surface area contributed by atoms with Crippen LogP contribution in [0.5, 0.6) is 0 Å². The van der Waals surface area contributed by atoms with E-state index in [1.54, 1.807) is 12.3 Å². The first-order valence-electron chi connectivity index (χ1n) is 5.31. The number of rotatable bonds is 3. The number of aromatic nitrogens is 1. The number of ether oxygens (including phenoxy) is 1. The van der Waals surface area contributed by atoms with Gasteiger partial charge in [0, 0.05) is 23.5 Å². The monoisotopic (exact) mass is 314 g/mol. The van der Waals surface area contributed by atoms with E-state index in [4.69, 9.17) is 5.73 Å². The molecule has 0 saturated heterocycles. The zero-order valence-electron chi connectivity index (χ0n) is 9.67. The van der Waals surface area contributed by atoms with Crippen LogP contribution >= 0.6 is 15.9 Å². The second kappa shape index (κ2) is 5.07. The highest BCUT2D eigenvalue weighted by Crippen LogP contribution is 2.26. The number of hydrogen-bond donors (Lipinski definition) is 2. The molecule has 1 aromatic carbocycles. The zero-order valence-corrected chi connectivity index (χ0v) is 11.3. The number of carbonyl (C=O) groups excluding carboxylic acids is 1. The van der Waals surface area contributed by atoms with Crippen molar-refractivity contribution in [3.05, 3.63) is 34.2 Å². The van der Waals surface area contributed by atoms with Crippen LogP contribution in [-0.4, -0.2) is 24.1 Å². The number of esters is 1. The van der Waals surface area contributed by atoms with E-state index in [2.05, 4.69) is 25.7 Å². The van der Waals surface area contributed by atoms with E-state index in [0.29, 0.717) is 10.9 Å². The molecule has 0 bridgehead atoms. The molecule has 1 unspecified atom stereocenters. The zero-order chi connectivity index (χ0) is 13.3. The van der Waals surface area contributed by atoms with Crippen LogP contribution in [0.3, 0.4) is 0 Å². The quantitative estimate of drug-likeness (QED) is 0.853. The lowest BCUT2D eigenvalue weighted by Crippen LogP contribution is -2.33.